The lowest BCUT2D eigenvalue weighted by Gasteiger charge is -2.22. The van der Waals surface area contributed by atoms with E-state index in [1.807, 2.05) is 6.92 Å². The van der Waals surface area contributed by atoms with Crippen LogP contribution in [0.2, 0.25) is 5.02 Å². The molecule has 112 valence electrons. The molecule has 0 aliphatic rings. The number of ether oxygens (including phenoxy) is 1. The van der Waals surface area contributed by atoms with Crippen molar-refractivity contribution in [3.63, 3.8) is 0 Å². The van der Waals surface area contributed by atoms with Crippen molar-refractivity contribution >= 4 is 23.5 Å². The van der Waals surface area contributed by atoms with E-state index in [9.17, 15) is 9.59 Å². The maximum atomic E-state index is 12.1. The maximum Gasteiger partial charge on any atom is 0.328 e. The topological polar surface area (TPSA) is 60.3 Å². The van der Waals surface area contributed by atoms with E-state index in [-0.39, 0.29) is 5.91 Å². The molecule has 1 atom stereocenters. The van der Waals surface area contributed by atoms with Crippen molar-refractivity contribution < 1.29 is 14.3 Å². The number of carbonyl (C=O) groups is 2. The summed E-state index contributed by atoms with van der Waals surface area (Å²) in [7, 11) is 0. The Morgan fingerprint density at radius 2 is 2.05 bits per heavy atom. The highest BCUT2D eigenvalue weighted by atomic mass is 35.5. The van der Waals surface area contributed by atoms with Gasteiger partial charge in [-0.05, 0) is 40.7 Å². The fourth-order valence-electron chi connectivity index (χ4n) is 1.65. The third-order valence-electron chi connectivity index (χ3n) is 2.54. The minimum absolute atomic E-state index is 0.350. The molecule has 0 spiro atoms. The third-order valence-corrected chi connectivity index (χ3v) is 2.75. The number of rotatable bonds is 4. The molecule has 1 rings (SSSR count). The number of halogens is 1. The summed E-state index contributed by atoms with van der Waals surface area (Å²) >= 11 is 5.88. The molecule has 0 saturated heterocycles. The smallest absolute Gasteiger partial charge is 0.328 e. The van der Waals surface area contributed by atoms with Crippen LogP contribution >= 0.6 is 11.6 Å². The number of amides is 1. The fraction of sp³-hybridized carbons (Fsp3) is 0.571. The summed E-state index contributed by atoms with van der Waals surface area (Å²) in [6, 6.07) is 0.850. The quantitative estimate of drug-likeness (QED) is 0.870. The summed E-state index contributed by atoms with van der Waals surface area (Å²) in [6.07, 6.45) is 1.68. The summed E-state index contributed by atoms with van der Waals surface area (Å²) in [6.45, 7) is 9.46. The minimum atomic E-state index is -0.722. The molecule has 0 unspecified atom stereocenters. The van der Waals surface area contributed by atoms with Gasteiger partial charge in [0.2, 0.25) is 0 Å². The molecule has 1 heterocycles. The van der Waals surface area contributed by atoms with Gasteiger partial charge in [0, 0.05) is 12.7 Å². The molecule has 5 nitrogen and oxygen atoms in total. The van der Waals surface area contributed by atoms with Crippen LogP contribution < -0.4 is 5.32 Å². The molecule has 0 fully saturated rings. The van der Waals surface area contributed by atoms with Gasteiger partial charge in [0.15, 0.2) is 0 Å². The highest BCUT2D eigenvalue weighted by Gasteiger charge is 2.24. The van der Waals surface area contributed by atoms with Gasteiger partial charge in [0.05, 0.1) is 5.02 Å². The molecule has 6 heteroatoms. The average molecular weight is 301 g/mol. The SMILES string of the molecule is CCn1cc(Cl)cc1C(=O)N[C@H](C)C(=O)OC(C)(C)C. The molecule has 1 amide bonds. The van der Waals surface area contributed by atoms with E-state index in [0.29, 0.717) is 17.3 Å². The van der Waals surface area contributed by atoms with E-state index in [1.165, 1.54) is 0 Å². The van der Waals surface area contributed by atoms with Gasteiger partial charge in [-0.1, -0.05) is 11.6 Å². The molecule has 0 bridgehead atoms. The van der Waals surface area contributed by atoms with Gasteiger partial charge in [-0.3, -0.25) is 4.79 Å². The molecule has 1 aromatic rings. The number of aryl methyl sites for hydroxylation is 1. The molecule has 0 radical (unpaired) electrons. The predicted octanol–water partition coefficient (Wildman–Crippen LogP) is 2.62. The van der Waals surface area contributed by atoms with Crippen LogP contribution in [0.25, 0.3) is 0 Å². The fourth-order valence-corrected chi connectivity index (χ4v) is 1.87. The van der Waals surface area contributed by atoms with Crippen molar-refractivity contribution in [1.82, 2.24) is 9.88 Å². The van der Waals surface area contributed by atoms with Gasteiger partial charge in [-0.2, -0.15) is 0 Å². The zero-order valence-corrected chi connectivity index (χ0v) is 13.2. The lowest BCUT2D eigenvalue weighted by atomic mass is 10.2. The minimum Gasteiger partial charge on any atom is -0.458 e. The molecule has 1 aromatic heterocycles. The largest absolute Gasteiger partial charge is 0.458 e. The summed E-state index contributed by atoms with van der Waals surface area (Å²) in [5.41, 5.74) is -0.156. The molecule has 1 N–H and O–H groups in total. The van der Waals surface area contributed by atoms with Crippen molar-refractivity contribution in [2.75, 3.05) is 0 Å². The third kappa shape index (κ3) is 4.56. The Bertz CT molecular complexity index is 503. The summed E-state index contributed by atoms with van der Waals surface area (Å²) < 4.78 is 6.93. The van der Waals surface area contributed by atoms with E-state index in [1.54, 1.807) is 44.5 Å². The predicted molar refractivity (Wildman–Crippen MR) is 77.9 cm³/mol. The molecule has 0 aliphatic heterocycles. The first kappa shape index (κ1) is 16.6. The van der Waals surface area contributed by atoms with Gasteiger partial charge in [-0.25, -0.2) is 4.79 Å². The monoisotopic (exact) mass is 300 g/mol. The Morgan fingerprint density at radius 1 is 1.45 bits per heavy atom. The summed E-state index contributed by atoms with van der Waals surface area (Å²) in [5, 5.41) is 3.10. The highest BCUT2D eigenvalue weighted by molar-refractivity contribution is 6.31. The van der Waals surface area contributed by atoms with E-state index in [2.05, 4.69) is 5.32 Å². The molecule has 0 saturated carbocycles. The van der Waals surface area contributed by atoms with Crippen LogP contribution in [0.15, 0.2) is 12.3 Å². The van der Waals surface area contributed by atoms with Crippen LogP contribution in [0.3, 0.4) is 0 Å². The normalized spacial score (nSPS) is 12.9. The van der Waals surface area contributed by atoms with E-state index in [4.69, 9.17) is 16.3 Å². The number of esters is 1. The molecule has 20 heavy (non-hydrogen) atoms. The van der Waals surface area contributed by atoms with Crippen LogP contribution in [-0.4, -0.2) is 28.1 Å². The van der Waals surface area contributed by atoms with E-state index in [0.717, 1.165) is 0 Å². The molecular weight excluding hydrogens is 280 g/mol. The number of hydrogen-bond acceptors (Lipinski definition) is 3. The van der Waals surface area contributed by atoms with Gasteiger partial charge in [0.1, 0.15) is 17.3 Å². The number of aromatic nitrogens is 1. The lowest BCUT2D eigenvalue weighted by Crippen LogP contribution is -2.42. The lowest BCUT2D eigenvalue weighted by molar-refractivity contribution is -0.156. The Hall–Kier alpha value is -1.49. The Labute approximate surface area is 124 Å². The van der Waals surface area contributed by atoms with Gasteiger partial charge >= 0.3 is 5.97 Å². The number of nitrogens with one attached hydrogen (secondary N) is 1. The van der Waals surface area contributed by atoms with Gasteiger partial charge < -0.3 is 14.6 Å². The maximum absolute atomic E-state index is 12.1. The van der Waals surface area contributed by atoms with Crippen molar-refractivity contribution in [2.45, 2.75) is 52.8 Å². The van der Waals surface area contributed by atoms with Gasteiger partial charge in [-0.15, -0.1) is 0 Å². The first-order valence-corrected chi connectivity index (χ1v) is 6.91. The Balaban J connectivity index is 2.72. The van der Waals surface area contributed by atoms with Gasteiger partial charge in [0.25, 0.3) is 5.91 Å². The van der Waals surface area contributed by atoms with Crippen LogP contribution in [0.4, 0.5) is 0 Å². The second kappa shape index (κ2) is 6.31. The standard InChI is InChI=1S/C14H21ClN2O3/c1-6-17-8-10(15)7-11(17)12(18)16-9(2)13(19)20-14(3,4)5/h7-9H,6H2,1-5H3,(H,16,18)/t9-/m1/s1. The van der Waals surface area contributed by atoms with E-state index >= 15 is 0 Å². The van der Waals surface area contributed by atoms with Crippen LogP contribution in [0.5, 0.6) is 0 Å². The molecule has 0 aromatic carbocycles. The van der Waals surface area contributed by atoms with Crippen molar-refractivity contribution in [3.8, 4) is 0 Å². The number of nitrogens with zero attached hydrogens (tertiary/aromatic N) is 1. The molecule has 0 aliphatic carbocycles. The second-order valence-electron chi connectivity index (χ2n) is 5.56. The van der Waals surface area contributed by atoms with Crippen LogP contribution in [-0.2, 0) is 16.1 Å². The zero-order chi connectivity index (χ0) is 15.5. The van der Waals surface area contributed by atoms with Crippen LogP contribution in [0.1, 0.15) is 45.1 Å². The Kier molecular flexibility index (Phi) is 5.22. The van der Waals surface area contributed by atoms with E-state index < -0.39 is 17.6 Å². The summed E-state index contributed by atoms with van der Waals surface area (Å²) in [4.78, 5) is 23.9. The number of carbonyl (C=O) groups excluding carboxylic acids is 2. The van der Waals surface area contributed by atoms with Crippen molar-refractivity contribution in [3.05, 3.63) is 23.0 Å². The van der Waals surface area contributed by atoms with Crippen LogP contribution in [0, 0.1) is 0 Å². The number of hydrogen-bond donors (Lipinski definition) is 1. The van der Waals surface area contributed by atoms with Crippen molar-refractivity contribution in [1.29, 1.82) is 0 Å². The van der Waals surface area contributed by atoms with Crippen molar-refractivity contribution in [2.24, 2.45) is 0 Å². The summed E-state index contributed by atoms with van der Waals surface area (Å²) in [5.74, 6) is -0.816. The first-order valence-electron chi connectivity index (χ1n) is 6.53. The Morgan fingerprint density at radius 3 is 2.55 bits per heavy atom. The zero-order valence-electron chi connectivity index (χ0n) is 12.5. The molecular formula is C14H21ClN2O3. The second-order valence-corrected chi connectivity index (χ2v) is 5.99. The highest BCUT2D eigenvalue weighted by Crippen LogP contribution is 2.14. The average Bonchev–Trinajstić information content (AvgIpc) is 2.68. The first-order chi connectivity index (χ1) is 9.14.